The topological polar surface area (TPSA) is 55.1 Å². The fourth-order valence-corrected chi connectivity index (χ4v) is 2.19. The van der Waals surface area contributed by atoms with Crippen LogP contribution in [0.15, 0.2) is 40.9 Å². The van der Waals surface area contributed by atoms with Gasteiger partial charge in [-0.25, -0.2) is 0 Å². The van der Waals surface area contributed by atoms with E-state index in [0.29, 0.717) is 27.0 Å². The first-order valence-corrected chi connectivity index (χ1v) is 6.83. The molecule has 0 aliphatic carbocycles. The van der Waals surface area contributed by atoms with Gasteiger partial charge in [0.25, 0.3) is 5.91 Å². The lowest BCUT2D eigenvalue weighted by Crippen LogP contribution is -2.13. The maximum Gasteiger partial charge on any atom is 0.257 e. The molecule has 0 saturated carbocycles. The Kier molecular flexibility index (Phi) is 4.34. The van der Waals surface area contributed by atoms with Crippen LogP contribution >= 0.6 is 39.1 Å². The lowest BCUT2D eigenvalue weighted by Gasteiger charge is -2.08. The van der Waals surface area contributed by atoms with Crippen LogP contribution in [0.4, 0.5) is 11.4 Å². The number of nitrogen functional groups attached to an aromatic ring is 1. The van der Waals surface area contributed by atoms with Crippen LogP contribution in [-0.2, 0) is 0 Å². The molecule has 2 aromatic carbocycles. The summed E-state index contributed by atoms with van der Waals surface area (Å²) in [5.74, 6) is -0.302. The third-order valence-corrected chi connectivity index (χ3v) is 3.67. The van der Waals surface area contributed by atoms with Gasteiger partial charge in [-0.3, -0.25) is 4.79 Å². The minimum atomic E-state index is -0.302. The van der Waals surface area contributed by atoms with Gasteiger partial charge >= 0.3 is 0 Å². The van der Waals surface area contributed by atoms with E-state index in [9.17, 15) is 4.79 Å². The molecule has 6 heteroatoms. The number of hydrogen-bond donors (Lipinski definition) is 2. The number of nitrogens with two attached hydrogens (primary N) is 1. The van der Waals surface area contributed by atoms with Crippen LogP contribution in [-0.4, -0.2) is 5.91 Å². The summed E-state index contributed by atoms with van der Waals surface area (Å²) in [5.41, 5.74) is 7.14. The third kappa shape index (κ3) is 3.41. The molecule has 0 saturated heterocycles. The third-order valence-electron chi connectivity index (χ3n) is 2.44. The van der Waals surface area contributed by atoms with Crippen LogP contribution in [0.5, 0.6) is 0 Å². The van der Waals surface area contributed by atoms with E-state index < -0.39 is 0 Å². The monoisotopic (exact) mass is 358 g/mol. The minimum absolute atomic E-state index is 0.302. The highest BCUT2D eigenvalue weighted by Gasteiger charge is 2.10. The van der Waals surface area contributed by atoms with Gasteiger partial charge in [-0.15, -0.1) is 0 Å². The summed E-state index contributed by atoms with van der Waals surface area (Å²) < 4.78 is 0.816. The van der Waals surface area contributed by atoms with Gasteiger partial charge in [0.2, 0.25) is 0 Å². The molecule has 0 radical (unpaired) electrons. The zero-order chi connectivity index (χ0) is 14.0. The SMILES string of the molecule is Nc1cc(Br)ccc1C(=O)Nc1ccc(Cl)c(Cl)c1. The fourth-order valence-electron chi connectivity index (χ4n) is 1.51. The lowest BCUT2D eigenvalue weighted by molar-refractivity contribution is 0.102. The van der Waals surface area contributed by atoms with E-state index >= 15 is 0 Å². The smallest absolute Gasteiger partial charge is 0.257 e. The molecule has 19 heavy (non-hydrogen) atoms. The molecule has 3 nitrogen and oxygen atoms in total. The molecular weight excluding hydrogens is 351 g/mol. The van der Waals surface area contributed by atoms with Crippen LogP contribution in [0, 0.1) is 0 Å². The number of halogens is 3. The highest BCUT2D eigenvalue weighted by Crippen LogP contribution is 2.26. The molecular formula is C13H9BrCl2N2O. The second-order valence-electron chi connectivity index (χ2n) is 3.81. The number of benzene rings is 2. The molecule has 0 aliphatic heterocycles. The van der Waals surface area contributed by atoms with Gasteiger partial charge in [-0.05, 0) is 36.4 Å². The number of rotatable bonds is 2. The fraction of sp³-hybridized carbons (Fsp3) is 0. The highest BCUT2D eigenvalue weighted by atomic mass is 79.9. The summed E-state index contributed by atoms with van der Waals surface area (Å²) in [4.78, 5) is 12.1. The normalized spacial score (nSPS) is 10.3. The minimum Gasteiger partial charge on any atom is -0.398 e. The molecule has 0 heterocycles. The Bertz CT molecular complexity index is 647. The average molecular weight is 360 g/mol. The Morgan fingerprint density at radius 2 is 1.84 bits per heavy atom. The zero-order valence-electron chi connectivity index (χ0n) is 9.58. The van der Waals surface area contributed by atoms with Gasteiger partial charge in [-0.2, -0.15) is 0 Å². The molecule has 0 spiro atoms. The molecule has 3 N–H and O–H groups in total. The number of carbonyl (C=O) groups is 1. The maximum absolute atomic E-state index is 12.1. The Hall–Kier alpha value is -1.23. The molecule has 0 aliphatic rings. The second-order valence-corrected chi connectivity index (χ2v) is 5.54. The first kappa shape index (κ1) is 14.2. The number of anilines is 2. The Labute approximate surface area is 128 Å². The predicted octanol–water partition coefficient (Wildman–Crippen LogP) is 4.59. The van der Waals surface area contributed by atoms with Crippen LogP contribution in [0.3, 0.4) is 0 Å². The number of hydrogen-bond acceptors (Lipinski definition) is 2. The van der Waals surface area contributed by atoms with Crippen molar-refractivity contribution in [3.05, 3.63) is 56.5 Å². The quantitative estimate of drug-likeness (QED) is 0.770. The summed E-state index contributed by atoms with van der Waals surface area (Å²) in [7, 11) is 0. The van der Waals surface area contributed by atoms with E-state index in [0.717, 1.165) is 4.47 Å². The highest BCUT2D eigenvalue weighted by molar-refractivity contribution is 9.10. The van der Waals surface area contributed by atoms with Crippen molar-refractivity contribution in [3.63, 3.8) is 0 Å². The van der Waals surface area contributed by atoms with Crippen molar-refractivity contribution in [1.29, 1.82) is 0 Å². The first-order valence-electron chi connectivity index (χ1n) is 5.29. The molecule has 1 amide bonds. The van der Waals surface area contributed by atoms with E-state index in [1.54, 1.807) is 36.4 Å². The van der Waals surface area contributed by atoms with Gasteiger partial charge in [0.1, 0.15) is 0 Å². The Morgan fingerprint density at radius 1 is 1.11 bits per heavy atom. The van der Waals surface area contributed by atoms with Crippen LogP contribution in [0.2, 0.25) is 10.0 Å². The van der Waals surface area contributed by atoms with Gasteiger partial charge in [0.15, 0.2) is 0 Å². The summed E-state index contributed by atoms with van der Waals surface area (Å²) in [6.07, 6.45) is 0. The van der Waals surface area contributed by atoms with Crippen molar-refractivity contribution in [3.8, 4) is 0 Å². The van der Waals surface area contributed by atoms with Gasteiger partial charge in [-0.1, -0.05) is 39.1 Å². The first-order chi connectivity index (χ1) is 8.97. The van der Waals surface area contributed by atoms with Crippen molar-refractivity contribution in [2.75, 3.05) is 11.1 Å². The molecule has 2 aromatic rings. The van der Waals surface area contributed by atoms with Crippen LogP contribution < -0.4 is 11.1 Å². The number of amides is 1. The van der Waals surface area contributed by atoms with E-state index in [1.165, 1.54) is 0 Å². The molecule has 0 aromatic heterocycles. The summed E-state index contributed by atoms with van der Waals surface area (Å²) in [6, 6.07) is 9.93. The number of nitrogens with one attached hydrogen (secondary N) is 1. The average Bonchev–Trinajstić information content (AvgIpc) is 2.33. The summed E-state index contributed by atoms with van der Waals surface area (Å²) in [6.45, 7) is 0. The second kappa shape index (κ2) is 5.82. The van der Waals surface area contributed by atoms with E-state index in [1.807, 2.05) is 0 Å². The molecule has 0 unspecified atom stereocenters. The largest absolute Gasteiger partial charge is 0.398 e. The van der Waals surface area contributed by atoms with E-state index in [4.69, 9.17) is 28.9 Å². The lowest BCUT2D eigenvalue weighted by atomic mass is 10.1. The van der Waals surface area contributed by atoms with Crippen LogP contribution in [0.1, 0.15) is 10.4 Å². The molecule has 98 valence electrons. The van der Waals surface area contributed by atoms with E-state index in [2.05, 4.69) is 21.2 Å². The van der Waals surface area contributed by atoms with Crippen LogP contribution in [0.25, 0.3) is 0 Å². The van der Waals surface area contributed by atoms with E-state index in [-0.39, 0.29) is 5.91 Å². The number of carbonyl (C=O) groups excluding carboxylic acids is 1. The van der Waals surface area contributed by atoms with Crippen molar-refractivity contribution < 1.29 is 4.79 Å². The molecule has 0 bridgehead atoms. The van der Waals surface area contributed by atoms with Crippen molar-refractivity contribution in [2.45, 2.75) is 0 Å². The van der Waals surface area contributed by atoms with Crippen molar-refractivity contribution in [1.82, 2.24) is 0 Å². The Morgan fingerprint density at radius 3 is 2.47 bits per heavy atom. The zero-order valence-corrected chi connectivity index (χ0v) is 12.7. The maximum atomic E-state index is 12.1. The Balaban J connectivity index is 2.23. The van der Waals surface area contributed by atoms with Gasteiger partial charge in [0, 0.05) is 15.8 Å². The molecule has 2 rings (SSSR count). The van der Waals surface area contributed by atoms with Gasteiger partial charge in [0.05, 0.1) is 15.6 Å². The van der Waals surface area contributed by atoms with Gasteiger partial charge < -0.3 is 11.1 Å². The van der Waals surface area contributed by atoms with Crippen molar-refractivity contribution >= 4 is 56.4 Å². The molecule has 0 fully saturated rings. The molecule has 0 atom stereocenters. The van der Waals surface area contributed by atoms with Crippen molar-refractivity contribution in [2.24, 2.45) is 0 Å². The standard InChI is InChI=1S/C13H9BrCl2N2O/c14-7-1-3-9(12(17)5-7)13(19)18-8-2-4-10(15)11(16)6-8/h1-6H,17H2,(H,18,19). The predicted molar refractivity (Wildman–Crippen MR) is 83.0 cm³/mol. The summed E-state index contributed by atoms with van der Waals surface area (Å²) >= 11 is 15.0. The summed E-state index contributed by atoms with van der Waals surface area (Å²) in [5, 5.41) is 3.52.